The summed E-state index contributed by atoms with van der Waals surface area (Å²) in [6.45, 7) is 0.511. The zero-order valence-electron chi connectivity index (χ0n) is 11.4. The van der Waals surface area contributed by atoms with E-state index in [1.165, 1.54) is 12.1 Å². The average Bonchev–Trinajstić information content (AvgIpc) is 3.16. The van der Waals surface area contributed by atoms with Crippen molar-refractivity contribution in [2.45, 2.75) is 6.54 Å². The van der Waals surface area contributed by atoms with E-state index in [1.54, 1.807) is 31.9 Å². The fourth-order valence-corrected chi connectivity index (χ4v) is 2.09. The van der Waals surface area contributed by atoms with Gasteiger partial charge in [-0.1, -0.05) is 0 Å². The number of rotatable bonds is 5. The van der Waals surface area contributed by atoms with E-state index in [0.29, 0.717) is 18.1 Å². The Morgan fingerprint density at radius 1 is 1.29 bits per heavy atom. The molecule has 0 saturated heterocycles. The molecule has 0 amide bonds. The third-order valence-corrected chi connectivity index (χ3v) is 3.10. The number of imidazole rings is 1. The Hall–Kier alpha value is -2.83. The molecule has 0 atom stereocenters. The third kappa shape index (κ3) is 2.71. The van der Waals surface area contributed by atoms with E-state index in [-0.39, 0.29) is 5.82 Å². The van der Waals surface area contributed by atoms with Gasteiger partial charge in [-0.05, 0) is 18.2 Å². The predicted molar refractivity (Wildman–Crippen MR) is 76.4 cm³/mol. The van der Waals surface area contributed by atoms with Crippen LogP contribution in [0.2, 0.25) is 0 Å². The minimum Gasteiger partial charge on any atom is -0.481 e. The molecule has 3 aromatic rings. The van der Waals surface area contributed by atoms with E-state index in [9.17, 15) is 4.39 Å². The van der Waals surface area contributed by atoms with Crippen LogP contribution in [0.15, 0.2) is 36.9 Å². The monoisotopic (exact) mass is 287 g/mol. The fraction of sp³-hybridized carbons (Fsp3) is 0.143. The van der Waals surface area contributed by atoms with Crippen molar-refractivity contribution in [1.29, 1.82) is 0 Å². The number of aromatic nitrogens is 4. The molecule has 0 unspecified atom stereocenters. The van der Waals surface area contributed by atoms with Crippen molar-refractivity contribution in [2.75, 3.05) is 12.4 Å². The second kappa shape index (κ2) is 5.66. The maximum atomic E-state index is 13.5. The summed E-state index contributed by atoms with van der Waals surface area (Å²) in [6, 6.07) is 4.54. The quantitative estimate of drug-likeness (QED) is 0.674. The largest absolute Gasteiger partial charge is 0.481 e. The van der Waals surface area contributed by atoms with Crippen LogP contribution in [0, 0.1) is 5.82 Å². The van der Waals surface area contributed by atoms with Gasteiger partial charge >= 0.3 is 0 Å². The van der Waals surface area contributed by atoms with E-state index < -0.39 is 0 Å². The normalized spacial score (nSPS) is 10.6. The van der Waals surface area contributed by atoms with Crippen molar-refractivity contribution in [3.05, 3.63) is 48.4 Å². The van der Waals surface area contributed by atoms with Gasteiger partial charge in [0.2, 0.25) is 5.88 Å². The lowest BCUT2D eigenvalue weighted by atomic mass is 10.1. The predicted octanol–water partition coefficient (Wildman–Crippen LogP) is 2.56. The topological polar surface area (TPSA) is 78.6 Å². The Morgan fingerprint density at radius 2 is 2.19 bits per heavy atom. The van der Waals surface area contributed by atoms with E-state index in [4.69, 9.17) is 4.74 Å². The van der Waals surface area contributed by atoms with Gasteiger partial charge in [0.1, 0.15) is 5.82 Å². The molecule has 0 fully saturated rings. The molecule has 6 nitrogen and oxygen atoms in total. The highest BCUT2D eigenvalue weighted by Crippen LogP contribution is 2.34. The molecule has 0 radical (unpaired) electrons. The summed E-state index contributed by atoms with van der Waals surface area (Å²) >= 11 is 0. The van der Waals surface area contributed by atoms with Gasteiger partial charge in [-0.3, -0.25) is 0 Å². The molecule has 7 heteroatoms. The Morgan fingerprint density at radius 3 is 2.95 bits per heavy atom. The molecule has 3 rings (SSSR count). The van der Waals surface area contributed by atoms with Crippen LogP contribution in [-0.2, 0) is 6.54 Å². The van der Waals surface area contributed by atoms with Crippen LogP contribution in [-0.4, -0.2) is 27.3 Å². The zero-order chi connectivity index (χ0) is 14.7. The first-order valence-electron chi connectivity index (χ1n) is 6.36. The summed E-state index contributed by atoms with van der Waals surface area (Å²) in [7, 11) is 1.55. The van der Waals surface area contributed by atoms with Gasteiger partial charge in [-0.15, -0.1) is 0 Å². The summed E-state index contributed by atoms with van der Waals surface area (Å²) < 4.78 is 18.7. The summed E-state index contributed by atoms with van der Waals surface area (Å²) in [5.74, 6) is 0.222. The number of H-pyrrole nitrogens is 2. The summed E-state index contributed by atoms with van der Waals surface area (Å²) in [5.41, 5.74) is 3.14. The Kier molecular flexibility index (Phi) is 3.55. The smallest absolute Gasteiger partial charge is 0.216 e. The summed E-state index contributed by atoms with van der Waals surface area (Å²) in [6.07, 6.45) is 4.96. The van der Waals surface area contributed by atoms with Crippen LogP contribution >= 0.6 is 0 Å². The molecule has 3 N–H and O–H groups in total. The van der Waals surface area contributed by atoms with E-state index >= 15 is 0 Å². The number of nitrogens with zero attached hydrogens (tertiary/aromatic N) is 2. The van der Waals surface area contributed by atoms with Crippen LogP contribution in [0.5, 0.6) is 5.88 Å². The highest BCUT2D eigenvalue weighted by molar-refractivity contribution is 5.80. The molecule has 0 aliphatic heterocycles. The first-order chi connectivity index (χ1) is 10.3. The summed E-state index contributed by atoms with van der Waals surface area (Å²) in [5, 5.41) is 9.90. The number of benzene rings is 1. The molecule has 2 heterocycles. The Labute approximate surface area is 120 Å². The lowest BCUT2D eigenvalue weighted by Gasteiger charge is -2.11. The fourth-order valence-electron chi connectivity index (χ4n) is 2.09. The number of halogens is 1. The summed E-state index contributed by atoms with van der Waals surface area (Å²) in [4.78, 5) is 6.94. The zero-order valence-corrected chi connectivity index (χ0v) is 11.4. The molecule has 0 spiro atoms. The second-order valence-electron chi connectivity index (χ2n) is 4.44. The van der Waals surface area contributed by atoms with E-state index in [2.05, 4.69) is 25.5 Å². The standard InChI is InChI=1S/C14H14FN5O/c1-21-14-12(7-19-20-14)11-3-2-9(15)4-13(11)17-6-10-5-16-8-18-10/h2-5,7-8,17H,6H2,1H3,(H,16,18)(H,19,20). The minimum atomic E-state index is -0.312. The van der Waals surface area contributed by atoms with Crippen LogP contribution in [0.1, 0.15) is 5.69 Å². The van der Waals surface area contributed by atoms with E-state index in [0.717, 1.165) is 16.8 Å². The number of ether oxygens (including phenoxy) is 1. The molecule has 2 aromatic heterocycles. The lowest BCUT2D eigenvalue weighted by Crippen LogP contribution is -2.02. The SMILES string of the molecule is COc1[nH]ncc1-c1ccc(F)cc1NCc1cnc[nH]1. The third-order valence-electron chi connectivity index (χ3n) is 3.10. The first-order valence-corrected chi connectivity index (χ1v) is 6.36. The van der Waals surface area contributed by atoms with Crippen LogP contribution < -0.4 is 10.1 Å². The molecule has 21 heavy (non-hydrogen) atoms. The molecular weight excluding hydrogens is 273 g/mol. The van der Waals surface area contributed by atoms with Crippen molar-refractivity contribution in [3.63, 3.8) is 0 Å². The molecule has 0 saturated carbocycles. The highest BCUT2D eigenvalue weighted by Gasteiger charge is 2.13. The van der Waals surface area contributed by atoms with Crippen molar-refractivity contribution >= 4 is 5.69 Å². The number of aromatic amines is 2. The van der Waals surface area contributed by atoms with Crippen molar-refractivity contribution < 1.29 is 9.13 Å². The van der Waals surface area contributed by atoms with Crippen LogP contribution in [0.4, 0.5) is 10.1 Å². The number of hydrogen-bond donors (Lipinski definition) is 3. The molecule has 108 valence electrons. The van der Waals surface area contributed by atoms with Crippen molar-refractivity contribution in [2.24, 2.45) is 0 Å². The molecular formula is C14H14FN5O. The molecule has 0 aliphatic rings. The van der Waals surface area contributed by atoms with Gasteiger partial charge in [-0.2, -0.15) is 5.10 Å². The van der Waals surface area contributed by atoms with E-state index in [1.807, 2.05) is 0 Å². The number of nitrogens with one attached hydrogen (secondary N) is 3. The molecule has 0 aliphatic carbocycles. The molecule has 0 bridgehead atoms. The number of methoxy groups -OCH3 is 1. The average molecular weight is 287 g/mol. The van der Waals surface area contributed by atoms with Crippen LogP contribution in [0.3, 0.4) is 0 Å². The number of hydrogen-bond acceptors (Lipinski definition) is 4. The Bertz CT molecular complexity index is 723. The van der Waals surface area contributed by atoms with Gasteiger partial charge in [0.15, 0.2) is 0 Å². The van der Waals surface area contributed by atoms with Gasteiger partial charge in [0.25, 0.3) is 0 Å². The Balaban J connectivity index is 1.93. The minimum absolute atomic E-state index is 0.312. The first kappa shape index (κ1) is 13.2. The maximum absolute atomic E-state index is 13.5. The lowest BCUT2D eigenvalue weighted by molar-refractivity contribution is 0.398. The van der Waals surface area contributed by atoms with Gasteiger partial charge in [-0.25, -0.2) is 14.5 Å². The second-order valence-corrected chi connectivity index (χ2v) is 4.44. The molecule has 1 aromatic carbocycles. The van der Waals surface area contributed by atoms with Crippen molar-refractivity contribution in [1.82, 2.24) is 20.2 Å². The highest BCUT2D eigenvalue weighted by atomic mass is 19.1. The van der Waals surface area contributed by atoms with Gasteiger partial charge in [0.05, 0.1) is 37.4 Å². The van der Waals surface area contributed by atoms with Gasteiger partial charge in [0, 0.05) is 17.4 Å². The van der Waals surface area contributed by atoms with Crippen LogP contribution in [0.25, 0.3) is 11.1 Å². The number of anilines is 1. The van der Waals surface area contributed by atoms with Crippen molar-refractivity contribution in [3.8, 4) is 17.0 Å². The maximum Gasteiger partial charge on any atom is 0.216 e. The van der Waals surface area contributed by atoms with Gasteiger partial charge < -0.3 is 15.0 Å².